The molecule has 1 amide bonds. The minimum absolute atomic E-state index is 0.00558. The van der Waals surface area contributed by atoms with E-state index in [1.807, 2.05) is 0 Å². The molecule has 0 fully saturated rings. The van der Waals surface area contributed by atoms with Gasteiger partial charge < -0.3 is 5.32 Å². The minimum Gasteiger partial charge on any atom is -0.322 e. The zero-order valence-corrected chi connectivity index (χ0v) is 15.0. The van der Waals surface area contributed by atoms with E-state index in [1.165, 1.54) is 31.2 Å². The normalized spacial score (nSPS) is 12.7. The fraction of sp³-hybridized carbons (Fsp3) is 0.235. The third kappa shape index (κ3) is 5.03. The highest BCUT2D eigenvalue weighted by Crippen LogP contribution is 2.36. The Morgan fingerprint density at radius 1 is 0.893 bits per heavy atom. The molecule has 0 aliphatic carbocycles. The fourth-order valence-corrected chi connectivity index (χ4v) is 3.09. The number of alkyl halides is 6. The molecule has 0 spiro atoms. The number of carbonyl (C=O) groups excluding carboxylic acids is 1. The third-order valence-electron chi connectivity index (χ3n) is 3.70. The molecule has 1 N–H and O–H groups in total. The van der Waals surface area contributed by atoms with Gasteiger partial charge in [-0.15, -0.1) is 0 Å². The molecule has 0 aliphatic heterocycles. The lowest BCUT2D eigenvalue weighted by molar-refractivity contribution is -0.143. The number of nitrogens with one attached hydrogen (secondary N) is 1. The first-order valence-corrected chi connectivity index (χ1v) is 9.33. The van der Waals surface area contributed by atoms with Gasteiger partial charge in [-0.3, -0.25) is 4.79 Å². The maximum atomic E-state index is 12.9. The van der Waals surface area contributed by atoms with E-state index in [0.29, 0.717) is 12.1 Å². The summed E-state index contributed by atoms with van der Waals surface area (Å²) in [5, 5.41) is 2.14. The number of hydrogen-bond acceptors (Lipinski definition) is 3. The van der Waals surface area contributed by atoms with Crippen molar-refractivity contribution >= 4 is 21.4 Å². The summed E-state index contributed by atoms with van der Waals surface area (Å²) in [4.78, 5) is 12.1. The molecule has 0 bridgehead atoms. The van der Waals surface area contributed by atoms with Gasteiger partial charge >= 0.3 is 12.4 Å². The number of benzene rings is 2. The molecule has 0 saturated heterocycles. The summed E-state index contributed by atoms with van der Waals surface area (Å²) in [5.41, 5.74) is -4.06. The van der Waals surface area contributed by atoms with Crippen molar-refractivity contribution in [3.8, 4) is 0 Å². The van der Waals surface area contributed by atoms with E-state index in [4.69, 9.17) is 0 Å². The predicted octanol–water partition coefficient (Wildman–Crippen LogP) is 4.77. The molecule has 28 heavy (non-hydrogen) atoms. The van der Waals surface area contributed by atoms with Gasteiger partial charge in [0.15, 0.2) is 9.84 Å². The van der Waals surface area contributed by atoms with Crippen LogP contribution >= 0.6 is 0 Å². The first-order valence-electron chi connectivity index (χ1n) is 7.67. The van der Waals surface area contributed by atoms with E-state index in [2.05, 4.69) is 5.32 Å². The Kier molecular flexibility index (Phi) is 5.79. The summed E-state index contributed by atoms with van der Waals surface area (Å²) in [6, 6.07) is 5.23. The first kappa shape index (κ1) is 21.7. The topological polar surface area (TPSA) is 63.2 Å². The molecule has 2 aromatic rings. The Morgan fingerprint density at radius 3 is 1.75 bits per heavy atom. The number of rotatable bonds is 4. The molecule has 0 atom stereocenters. The van der Waals surface area contributed by atoms with Crippen LogP contribution in [0.3, 0.4) is 0 Å². The second kappa shape index (κ2) is 7.46. The molecule has 0 radical (unpaired) electrons. The van der Waals surface area contributed by atoms with Crippen LogP contribution in [-0.2, 0) is 22.2 Å². The Hall–Kier alpha value is -2.56. The molecule has 0 aliphatic rings. The Morgan fingerprint density at radius 2 is 1.36 bits per heavy atom. The van der Waals surface area contributed by atoms with Crippen molar-refractivity contribution in [3.63, 3.8) is 0 Å². The maximum Gasteiger partial charge on any atom is 0.416 e. The van der Waals surface area contributed by atoms with Gasteiger partial charge in [0.2, 0.25) is 0 Å². The van der Waals surface area contributed by atoms with E-state index in [1.54, 1.807) is 0 Å². The van der Waals surface area contributed by atoms with E-state index < -0.39 is 44.8 Å². The van der Waals surface area contributed by atoms with Crippen LogP contribution in [0.25, 0.3) is 0 Å². The Balaban J connectivity index is 2.36. The van der Waals surface area contributed by atoms with E-state index in [0.717, 1.165) is 0 Å². The smallest absolute Gasteiger partial charge is 0.322 e. The van der Waals surface area contributed by atoms with Crippen LogP contribution in [0.5, 0.6) is 0 Å². The Bertz CT molecular complexity index is 947. The van der Waals surface area contributed by atoms with Crippen molar-refractivity contribution in [2.75, 3.05) is 11.1 Å². The third-order valence-corrected chi connectivity index (χ3v) is 5.45. The van der Waals surface area contributed by atoms with E-state index in [9.17, 15) is 39.6 Å². The summed E-state index contributed by atoms with van der Waals surface area (Å²) >= 11 is 0. The van der Waals surface area contributed by atoms with Crippen molar-refractivity contribution in [2.45, 2.75) is 24.2 Å². The number of hydrogen-bond donors (Lipinski definition) is 1. The molecular formula is C17H13F6NO3S. The van der Waals surface area contributed by atoms with Gasteiger partial charge in [0.25, 0.3) is 5.91 Å². The van der Waals surface area contributed by atoms with Crippen LogP contribution in [0, 0.1) is 0 Å². The number of halogens is 6. The quantitative estimate of drug-likeness (QED) is 0.718. The van der Waals surface area contributed by atoms with Gasteiger partial charge in [0.1, 0.15) is 0 Å². The van der Waals surface area contributed by atoms with Crippen LogP contribution in [0.15, 0.2) is 47.4 Å². The zero-order chi connectivity index (χ0) is 21.3. The van der Waals surface area contributed by atoms with Crippen molar-refractivity contribution < 1.29 is 39.6 Å². The molecule has 2 aromatic carbocycles. The largest absolute Gasteiger partial charge is 0.416 e. The summed E-state index contributed by atoms with van der Waals surface area (Å²) < 4.78 is 101. The highest BCUT2D eigenvalue weighted by molar-refractivity contribution is 7.91. The predicted molar refractivity (Wildman–Crippen MR) is 88.6 cm³/mol. The SMILES string of the molecule is CCS(=O)(=O)c1ccc(NC(=O)c2cc(C(F)(F)F)cc(C(F)(F)F)c2)cc1. The summed E-state index contributed by atoms with van der Waals surface area (Å²) in [5.74, 6) is -1.37. The van der Waals surface area contributed by atoms with Crippen molar-refractivity contribution in [1.82, 2.24) is 0 Å². The molecule has 4 nitrogen and oxygen atoms in total. The van der Waals surface area contributed by atoms with Crippen LogP contribution < -0.4 is 5.32 Å². The molecule has 0 saturated carbocycles. The molecule has 152 valence electrons. The molecule has 0 heterocycles. The van der Waals surface area contributed by atoms with Gasteiger partial charge in [0.05, 0.1) is 21.8 Å². The van der Waals surface area contributed by atoms with Crippen LogP contribution in [0.4, 0.5) is 32.0 Å². The maximum absolute atomic E-state index is 12.9. The summed E-state index contributed by atoms with van der Waals surface area (Å²) in [6.07, 6.45) is -10.2. The molecule has 2 rings (SSSR count). The number of sulfone groups is 1. The van der Waals surface area contributed by atoms with Crippen molar-refractivity contribution in [2.24, 2.45) is 0 Å². The van der Waals surface area contributed by atoms with Gasteiger partial charge in [-0.2, -0.15) is 26.3 Å². The molecular weight excluding hydrogens is 412 g/mol. The monoisotopic (exact) mass is 425 g/mol. The fourth-order valence-electron chi connectivity index (χ4n) is 2.20. The molecule has 11 heteroatoms. The Labute approximate surface area is 156 Å². The van der Waals surface area contributed by atoms with Crippen molar-refractivity contribution in [3.05, 3.63) is 59.2 Å². The number of anilines is 1. The average molecular weight is 425 g/mol. The number of amides is 1. The van der Waals surface area contributed by atoms with E-state index >= 15 is 0 Å². The minimum atomic E-state index is -5.08. The zero-order valence-electron chi connectivity index (χ0n) is 14.1. The highest BCUT2D eigenvalue weighted by Gasteiger charge is 2.37. The van der Waals surface area contributed by atoms with Gasteiger partial charge in [-0.25, -0.2) is 8.42 Å². The van der Waals surface area contributed by atoms with Gasteiger partial charge in [-0.05, 0) is 42.5 Å². The van der Waals surface area contributed by atoms with Gasteiger partial charge in [0, 0.05) is 11.3 Å². The van der Waals surface area contributed by atoms with Crippen LogP contribution in [0.2, 0.25) is 0 Å². The first-order chi connectivity index (χ1) is 12.7. The second-order valence-corrected chi connectivity index (χ2v) is 7.95. The van der Waals surface area contributed by atoms with Crippen LogP contribution in [-0.4, -0.2) is 20.1 Å². The van der Waals surface area contributed by atoms with Crippen molar-refractivity contribution in [1.29, 1.82) is 0 Å². The van der Waals surface area contributed by atoms with Gasteiger partial charge in [-0.1, -0.05) is 6.92 Å². The molecule has 0 aromatic heterocycles. The number of carbonyl (C=O) groups is 1. The summed E-state index contributed by atoms with van der Waals surface area (Å²) in [6.45, 7) is 1.43. The lowest BCUT2D eigenvalue weighted by Crippen LogP contribution is -2.17. The summed E-state index contributed by atoms with van der Waals surface area (Å²) in [7, 11) is -3.50. The standard InChI is InChI=1S/C17H13F6NO3S/c1-2-28(26,27)14-5-3-13(4-6-14)24-15(25)10-7-11(16(18,19)20)9-12(8-10)17(21,22)23/h3-9H,2H2,1H3,(H,24,25). The lowest BCUT2D eigenvalue weighted by Gasteiger charge is -2.14. The lowest BCUT2D eigenvalue weighted by atomic mass is 10.0. The second-order valence-electron chi connectivity index (χ2n) is 5.68. The molecule has 0 unspecified atom stereocenters. The van der Waals surface area contributed by atoms with E-state index in [-0.39, 0.29) is 22.4 Å². The van der Waals surface area contributed by atoms with Crippen LogP contribution in [0.1, 0.15) is 28.4 Å². The average Bonchev–Trinajstić information content (AvgIpc) is 2.60. The highest BCUT2D eigenvalue weighted by atomic mass is 32.2.